The van der Waals surface area contributed by atoms with E-state index in [1.807, 2.05) is 0 Å². The zero-order valence-corrected chi connectivity index (χ0v) is 12.4. The van der Waals surface area contributed by atoms with Gasteiger partial charge in [-0.1, -0.05) is 23.9 Å². The highest BCUT2D eigenvalue weighted by Gasteiger charge is 2.29. The Balaban J connectivity index is 1.88. The number of nitro groups is 1. The quantitative estimate of drug-likeness (QED) is 0.481. The van der Waals surface area contributed by atoms with Crippen LogP contribution in [0.5, 0.6) is 0 Å². The van der Waals surface area contributed by atoms with Gasteiger partial charge in [0.05, 0.1) is 11.5 Å². The Morgan fingerprint density at radius 1 is 1.45 bits per heavy atom. The van der Waals surface area contributed by atoms with E-state index in [1.54, 1.807) is 23.7 Å². The lowest BCUT2D eigenvalue weighted by Gasteiger charge is -2.06. The van der Waals surface area contributed by atoms with Crippen LogP contribution < -0.4 is 0 Å². The number of ether oxygens (including phenoxy) is 1. The molecule has 3 rings (SSSR count). The van der Waals surface area contributed by atoms with Gasteiger partial charge in [0.25, 0.3) is 5.69 Å². The number of esters is 1. The van der Waals surface area contributed by atoms with E-state index in [-0.39, 0.29) is 16.9 Å². The first kappa shape index (κ1) is 14.5. The van der Waals surface area contributed by atoms with Gasteiger partial charge in [-0.05, 0) is 0 Å². The first-order valence-corrected chi connectivity index (χ1v) is 7.42. The number of benzene rings is 1. The highest BCUT2D eigenvalue weighted by atomic mass is 32.2. The zero-order valence-electron chi connectivity index (χ0n) is 11.6. The minimum absolute atomic E-state index is 0.00549. The Labute approximate surface area is 129 Å². The van der Waals surface area contributed by atoms with Gasteiger partial charge in [-0.2, -0.15) is 0 Å². The number of aromatic nitrogens is 3. The Bertz CT molecular complexity index is 745. The normalized spacial score (nSPS) is 17.5. The third kappa shape index (κ3) is 2.67. The van der Waals surface area contributed by atoms with E-state index in [0.29, 0.717) is 29.6 Å². The van der Waals surface area contributed by atoms with E-state index in [9.17, 15) is 14.9 Å². The first-order valence-electron chi connectivity index (χ1n) is 6.54. The fourth-order valence-corrected chi connectivity index (χ4v) is 3.10. The summed E-state index contributed by atoms with van der Waals surface area (Å²) in [5.41, 5.74) is 0.596. The molecule has 22 heavy (non-hydrogen) atoms. The molecule has 0 saturated carbocycles. The summed E-state index contributed by atoms with van der Waals surface area (Å²) in [6, 6.07) is 6.20. The summed E-state index contributed by atoms with van der Waals surface area (Å²) >= 11 is 1.29. The maximum Gasteiger partial charge on any atom is 0.319 e. The van der Waals surface area contributed by atoms with E-state index in [2.05, 4.69) is 10.2 Å². The molecule has 0 unspecified atom stereocenters. The SMILES string of the molecule is Cn1c(S[C@@H]2CCOC2=O)nnc1-c1cccc([N+](=O)[O-])c1. The van der Waals surface area contributed by atoms with Crippen molar-refractivity contribution in [3.8, 4) is 11.4 Å². The molecule has 0 spiro atoms. The molecule has 8 nitrogen and oxygen atoms in total. The fourth-order valence-electron chi connectivity index (χ4n) is 2.14. The van der Waals surface area contributed by atoms with Crippen molar-refractivity contribution in [2.24, 2.45) is 7.05 Å². The summed E-state index contributed by atoms with van der Waals surface area (Å²) in [6.07, 6.45) is 0.641. The largest absolute Gasteiger partial charge is 0.465 e. The molecule has 0 aliphatic carbocycles. The van der Waals surface area contributed by atoms with Gasteiger partial charge < -0.3 is 9.30 Å². The van der Waals surface area contributed by atoms with Gasteiger partial charge in [-0.25, -0.2) is 0 Å². The van der Waals surface area contributed by atoms with Crippen molar-refractivity contribution in [3.63, 3.8) is 0 Å². The van der Waals surface area contributed by atoms with Gasteiger partial charge in [0.2, 0.25) is 0 Å². The zero-order chi connectivity index (χ0) is 15.7. The first-order chi connectivity index (χ1) is 10.6. The number of hydrogen-bond donors (Lipinski definition) is 0. The minimum Gasteiger partial charge on any atom is -0.465 e. The Hall–Kier alpha value is -2.42. The van der Waals surface area contributed by atoms with Crippen molar-refractivity contribution < 1.29 is 14.5 Å². The number of hydrogen-bond acceptors (Lipinski definition) is 7. The Kier molecular flexibility index (Phi) is 3.80. The number of nitrogens with zero attached hydrogens (tertiary/aromatic N) is 4. The van der Waals surface area contributed by atoms with Crippen LogP contribution in [0.25, 0.3) is 11.4 Å². The van der Waals surface area contributed by atoms with E-state index in [4.69, 9.17) is 4.74 Å². The Morgan fingerprint density at radius 2 is 2.27 bits per heavy atom. The topological polar surface area (TPSA) is 100 Å². The van der Waals surface area contributed by atoms with E-state index < -0.39 is 4.92 Å². The lowest BCUT2D eigenvalue weighted by molar-refractivity contribution is -0.384. The molecule has 114 valence electrons. The third-order valence-electron chi connectivity index (χ3n) is 3.28. The second-order valence-corrected chi connectivity index (χ2v) is 5.91. The summed E-state index contributed by atoms with van der Waals surface area (Å²) in [5.74, 6) is 0.266. The molecular formula is C13H12N4O4S. The van der Waals surface area contributed by atoms with Crippen LogP contribution in [0.1, 0.15) is 6.42 Å². The van der Waals surface area contributed by atoms with E-state index in [1.165, 1.54) is 23.9 Å². The fraction of sp³-hybridized carbons (Fsp3) is 0.308. The third-order valence-corrected chi connectivity index (χ3v) is 4.56. The number of thioether (sulfide) groups is 1. The number of nitro benzene ring substituents is 1. The second-order valence-electron chi connectivity index (χ2n) is 4.74. The van der Waals surface area contributed by atoms with Crippen LogP contribution in [-0.4, -0.2) is 37.5 Å². The predicted molar refractivity (Wildman–Crippen MR) is 78.3 cm³/mol. The average molecular weight is 320 g/mol. The number of rotatable bonds is 4. The standard InChI is InChI=1S/C13H12N4O4S/c1-16-11(8-3-2-4-9(7-8)17(19)20)14-15-13(16)22-10-5-6-21-12(10)18/h2-4,7,10H,5-6H2,1H3/t10-/m1/s1. The second kappa shape index (κ2) is 5.76. The molecule has 0 radical (unpaired) electrons. The van der Waals surface area contributed by atoms with Crippen LogP contribution in [0.4, 0.5) is 5.69 Å². The summed E-state index contributed by atoms with van der Waals surface area (Å²) in [7, 11) is 1.76. The van der Waals surface area contributed by atoms with Gasteiger partial charge >= 0.3 is 5.97 Å². The van der Waals surface area contributed by atoms with Gasteiger partial charge in [0.1, 0.15) is 5.25 Å². The molecule has 1 saturated heterocycles. The van der Waals surface area contributed by atoms with Crippen molar-refractivity contribution in [1.29, 1.82) is 0 Å². The summed E-state index contributed by atoms with van der Waals surface area (Å²) in [5, 5.41) is 19.3. The highest BCUT2D eigenvalue weighted by Crippen LogP contribution is 2.30. The van der Waals surface area contributed by atoms with Crippen LogP contribution >= 0.6 is 11.8 Å². The molecule has 0 amide bonds. The van der Waals surface area contributed by atoms with Crippen molar-refractivity contribution >= 4 is 23.4 Å². The van der Waals surface area contributed by atoms with Crippen LogP contribution in [0, 0.1) is 10.1 Å². The molecule has 2 heterocycles. The van der Waals surface area contributed by atoms with Crippen molar-refractivity contribution in [3.05, 3.63) is 34.4 Å². The average Bonchev–Trinajstić information content (AvgIpc) is 3.07. The van der Waals surface area contributed by atoms with E-state index in [0.717, 1.165) is 0 Å². The molecule has 0 N–H and O–H groups in total. The van der Waals surface area contributed by atoms with Gasteiger partial charge in [0.15, 0.2) is 11.0 Å². The lowest BCUT2D eigenvalue weighted by Crippen LogP contribution is -2.10. The van der Waals surface area contributed by atoms with Crippen LogP contribution in [-0.2, 0) is 16.6 Å². The molecule has 1 fully saturated rings. The number of carbonyl (C=O) groups is 1. The molecule has 2 aromatic rings. The molecule has 9 heteroatoms. The van der Waals surface area contributed by atoms with Crippen molar-refractivity contribution in [1.82, 2.24) is 14.8 Å². The van der Waals surface area contributed by atoms with Crippen molar-refractivity contribution in [2.75, 3.05) is 6.61 Å². The molecule has 1 aromatic heterocycles. The molecular weight excluding hydrogens is 308 g/mol. The maximum atomic E-state index is 11.5. The van der Waals surface area contributed by atoms with Crippen LogP contribution in [0.3, 0.4) is 0 Å². The number of non-ortho nitro benzene ring substituents is 1. The Morgan fingerprint density at radius 3 is 2.95 bits per heavy atom. The van der Waals surface area contributed by atoms with E-state index >= 15 is 0 Å². The highest BCUT2D eigenvalue weighted by molar-refractivity contribution is 8.00. The monoisotopic (exact) mass is 320 g/mol. The number of cyclic esters (lactones) is 1. The lowest BCUT2D eigenvalue weighted by atomic mass is 10.2. The predicted octanol–water partition coefficient (Wildman–Crippen LogP) is 1.80. The minimum atomic E-state index is -0.454. The molecule has 1 aliphatic rings. The molecule has 1 aromatic carbocycles. The summed E-state index contributed by atoms with van der Waals surface area (Å²) < 4.78 is 6.64. The summed E-state index contributed by atoms with van der Waals surface area (Å²) in [6.45, 7) is 0.423. The molecule has 1 atom stereocenters. The molecule has 0 bridgehead atoms. The summed E-state index contributed by atoms with van der Waals surface area (Å²) in [4.78, 5) is 21.9. The van der Waals surface area contributed by atoms with Gasteiger partial charge in [-0.3, -0.25) is 14.9 Å². The van der Waals surface area contributed by atoms with Crippen LogP contribution in [0.15, 0.2) is 29.4 Å². The van der Waals surface area contributed by atoms with Gasteiger partial charge in [0, 0.05) is 31.2 Å². The smallest absolute Gasteiger partial charge is 0.319 e. The maximum absolute atomic E-state index is 11.5. The molecule has 1 aliphatic heterocycles. The van der Waals surface area contributed by atoms with Gasteiger partial charge in [-0.15, -0.1) is 10.2 Å². The number of carbonyl (C=O) groups excluding carboxylic acids is 1. The van der Waals surface area contributed by atoms with Crippen molar-refractivity contribution in [2.45, 2.75) is 16.8 Å². The van der Waals surface area contributed by atoms with Crippen LogP contribution in [0.2, 0.25) is 0 Å².